The molecular formula is C21H18F2N2O4S. The number of rotatable bonds is 7. The quantitative estimate of drug-likeness (QED) is 0.596. The lowest BCUT2D eigenvalue weighted by molar-refractivity contribution is 0.102. The van der Waals surface area contributed by atoms with Crippen LogP contribution in [-0.2, 0) is 16.6 Å². The molecule has 0 fully saturated rings. The molecule has 0 spiro atoms. The van der Waals surface area contributed by atoms with Gasteiger partial charge >= 0.3 is 0 Å². The van der Waals surface area contributed by atoms with Crippen LogP contribution in [-0.4, -0.2) is 21.4 Å². The average molecular weight is 432 g/mol. The fourth-order valence-corrected chi connectivity index (χ4v) is 3.71. The third-order valence-corrected chi connectivity index (χ3v) is 5.64. The number of halogens is 2. The predicted molar refractivity (Wildman–Crippen MR) is 108 cm³/mol. The summed E-state index contributed by atoms with van der Waals surface area (Å²) in [4.78, 5) is 12.1. The number of carbonyl (C=O) groups is 1. The van der Waals surface area contributed by atoms with E-state index in [9.17, 15) is 22.0 Å². The molecule has 1 amide bonds. The van der Waals surface area contributed by atoms with Gasteiger partial charge in [0, 0.05) is 17.8 Å². The van der Waals surface area contributed by atoms with Crippen LogP contribution in [0.25, 0.3) is 0 Å². The monoisotopic (exact) mass is 432 g/mol. The third kappa shape index (κ3) is 5.00. The molecule has 3 aromatic carbocycles. The summed E-state index contributed by atoms with van der Waals surface area (Å²) in [5.41, 5.74) is 0.391. The largest absolute Gasteiger partial charge is 0.496 e. The molecule has 2 N–H and O–H groups in total. The van der Waals surface area contributed by atoms with Gasteiger partial charge < -0.3 is 10.1 Å². The van der Waals surface area contributed by atoms with E-state index in [1.54, 1.807) is 24.3 Å². The Kier molecular flexibility index (Phi) is 6.43. The maximum absolute atomic E-state index is 14.2. The molecule has 0 aromatic heterocycles. The van der Waals surface area contributed by atoms with E-state index in [2.05, 4.69) is 10.0 Å². The van der Waals surface area contributed by atoms with Crippen molar-refractivity contribution in [2.75, 3.05) is 12.4 Å². The Bertz CT molecular complexity index is 1170. The Balaban J connectivity index is 1.80. The van der Waals surface area contributed by atoms with Crippen molar-refractivity contribution in [2.45, 2.75) is 11.4 Å². The van der Waals surface area contributed by atoms with Gasteiger partial charge in [-0.3, -0.25) is 4.79 Å². The molecule has 0 bridgehead atoms. The van der Waals surface area contributed by atoms with Crippen LogP contribution in [0, 0.1) is 11.6 Å². The second-order valence-electron chi connectivity index (χ2n) is 6.24. The summed E-state index contributed by atoms with van der Waals surface area (Å²) in [5.74, 6) is -1.73. The van der Waals surface area contributed by atoms with Crippen molar-refractivity contribution in [2.24, 2.45) is 0 Å². The Morgan fingerprint density at radius 3 is 2.40 bits per heavy atom. The molecule has 0 unspecified atom stereocenters. The van der Waals surface area contributed by atoms with Gasteiger partial charge in [-0.25, -0.2) is 21.9 Å². The van der Waals surface area contributed by atoms with E-state index in [4.69, 9.17) is 4.74 Å². The highest BCUT2D eigenvalue weighted by atomic mass is 32.2. The molecule has 0 atom stereocenters. The van der Waals surface area contributed by atoms with Gasteiger partial charge in [0.2, 0.25) is 10.0 Å². The molecule has 0 radical (unpaired) electrons. The van der Waals surface area contributed by atoms with Gasteiger partial charge in [-0.1, -0.05) is 18.2 Å². The molecule has 3 aromatic rings. The Hall–Kier alpha value is -3.30. The number of amides is 1. The lowest BCUT2D eigenvalue weighted by Crippen LogP contribution is -2.24. The zero-order valence-electron chi connectivity index (χ0n) is 15.9. The molecule has 30 heavy (non-hydrogen) atoms. The smallest absolute Gasteiger partial charge is 0.258 e. The Labute approximate surface area is 172 Å². The maximum Gasteiger partial charge on any atom is 0.258 e. The van der Waals surface area contributed by atoms with E-state index < -0.39 is 33.1 Å². The van der Waals surface area contributed by atoms with Crippen LogP contribution in [0.5, 0.6) is 5.75 Å². The van der Waals surface area contributed by atoms with Gasteiger partial charge in [-0.2, -0.15) is 0 Å². The van der Waals surface area contributed by atoms with Crippen molar-refractivity contribution in [1.82, 2.24) is 4.72 Å². The molecule has 156 valence electrons. The van der Waals surface area contributed by atoms with Gasteiger partial charge in [0.1, 0.15) is 17.4 Å². The highest BCUT2D eigenvalue weighted by molar-refractivity contribution is 7.89. The summed E-state index contributed by atoms with van der Waals surface area (Å²) in [7, 11) is -2.56. The van der Waals surface area contributed by atoms with Gasteiger partial charge in [0.15, 0.2) is 0 Å². The minimum Gasteiger partial charge on any atom is -0.496 e. The van der Waals surface area contributed by atoms with E-state index in [0.29, 0.717) is 11.3 Å². The molecule has 3 rings (SSSR count). The molecule has 0 saturated heterocycles. The number of carbonyl (C=O) groups excluding carboxylic acids is 1. The first-order valence-electron chi connectivity index (χ1n) is 8.78. The summed E-state index contributed by atoms with van der Waals surface area (Å²) < 4.78 is 60.0. The van der Waals surface area contributed by atoms with Crippen LogP contribution in [0.15, 0.2) is 71.6 Å². The van der Waals surface area contributed by atoms with E-state index in [0.717, 1.165) is 30.3 Å². The number of sulfonamides is 1. The fraction of sp³-hybridized carbons (Fsp3) is 0.0952. The fourth-order valence-electron chi connectivity index (χ4n) is 2.68. The Morgan fingerprint density at radius 1 is 1.00 bits per heavy atom. The lowest BCUT2D eigenvalue weighted by Gasteiger charge is -2.11. The van der Waals surface area contributed by atoms with Crippen molar-refractivity contribution in [3.63, 3.8) is 0 Å². The van der Waals surface area contributed by atoms with Crippen LogP contribution >= 0.6 is 0 Å². The van der Waals surface area contributed by atoms with Crippen LogP contribution in [0.4, 0.5) is 14.5 Å². The van der Waals surface area contributed by atoms with Gasteiger partial charge in [0.25, 0.3) is 5.91 Å². The summed E-state index contributed by atoms with van der Waals surface area (Å²) in [5, 5.41) is 2.40. The number of benzene rings is 3. The summed E-state index contributed by atoms with van der Waals surface area (Å²) in [6.07, 6.45) is 0. The molecule has 0 aliphatic rings. The van der Waals surface area contributed by atoms with Gasteiger partial charge in [0.05, 0.1) is 17.6 Å². The molecule has 9 heteroatoms. The summed E-state index contributed by atoms with van der Waals surface area (Å²) in [6.45, 7) is -0.0547. The van der Waals surface area contributed by atoms with Crippen LogP contribution in [0.3, 0.4) is 0 Å². The first-order chi connectivity index (χ1) is 14.3. The molecule has 0 heterocycles. The second kappa shape index (κ2) is 9.02. The van der Waals surface area contributed by atoms with Gasteiger partial charge in [-0.15, -0.1) is 0 Å². The van der Waals surface area contributed by atoms with E-state index >= 15 is 0 Å². The molecule has 0 saturated carbocycles. The normalized spacial score (nSPS) is 11.2. The van der Waals surface area contributed by atoms with E-state index in [-0.39, 0.29) is 17.1 Å². The second-order valence-corrected chi connectivity index (χ2v) is 8.01. The van der Waals surface area contributed by atoms with Crippen molar-refractivity contribution in [3.05, 3.63) is 89.5 Å². The first kappa shape index (κ1) is 21.4. The zero-order chi connectivity index (χ0) is 21.7. The van der Waals surface area contributed by atoms with Gasteiger partial charge in [-0.05, 0) is 48.5 Å². The van der Waals surface area contributed by atoms with Crippen molar-refractivity contribution in [3.8, 4) is 5.75 Å². The van der Waals surface area contributed by atoms with Crippen molar-refractivity contribution in [1.29, 1.82) is 0 Å². The lowest BCUT2D eigenvalue weighted by atomic mass is 10.2. The number of ether oxygens (including phenoxy) is 1. The summed E-state index contributed by atoms with van der Waals surface area (Å²) >= 11 is 0. The predicted octanol–water partition coefficient (Wildman–Crippen LogP) is 3.70. The van der Waals surface area contributed by atoms with E-state index in [1.165, 1.54) is 19.2 Å². The van der Waals surface area contributed by atoms with Crippen molar-refractivity contribution < 1.29 is 26.7 Å². The highest BCUT2D eigenvalue weighted by Gasteiger charge is 2.20. The number of nitrogens with one attached hydrogen (secondary N) is 2. The SMILES string of the molecule is COc1ccccc1CNS(=O)(=O)c1ccc(F)c(C(=O)Nc2ccc(F)cc2)c1. The number of hydrogen-bond donors (Lipinski definition) is 2. The van der Waals surface area contributed by atoms with Crippen LogP contribution in [0.2, 0.25) is 0 Å². The topological polar surface area (TPSA) is 84.5 Å². The van der Waals surface area contributed by atoms with Crippen LogP contribution < -0.4 is 14.8 Å². The summed E-state index contributed by atoms with van der Waals surface area (Å²) in [6, 6.07) is 14.7. The number of methoxy groups -OCH3 is 1. The number of para-hydroxylation sites is 1. The minimum atomic E-state index is -4.04. The first-order valence-corrected chi connectivity index (χ1v) is 10.3. The van der Waals surface area contributed by atoms with E-state index in [1.807, 2.05) is 0 Å². The number of anilines is 1. The molecule has 0 aliphatic carbocycles. The number of hydrogen-bond acceptors (Lipinski definition) is 4. The highest BCUT2D eigenvalue weighted by Crippen LogP contribution is 2.20. The zero-order valence-corrected chi connectivity index (χ0v) is 16.7. The minimum absolute atomic E-state index is 0.0547. The van der Waals surface area contributed by atoms with Crippen molar-refractivity contribution >= 4 is 21.6 Å². The third-order valence-electron chi connectivity index (χ3n) is 4.24. The van der Waals surface area contributed by atoms with Crippen LogP contribution in [0.1, 0.15) is 15.9 Å². The molecular weight excluding hydrogens is 414 g/mol. The maximum atomic E-state index is 14.2. The molecule has 0 aliphatic heterocycles. The Morgan fingerprint density at radius 2 is 1.70 bits per heavy atom. The standard InChI is InChI=1S/C21H18F2N2O4S/c1-29-20-5-3-2-4-14(20)13-24-30(27,28)17-10-11-19(23)18(12-17)21(26)25-16-8-6-15(22)7-9-16/h2-12,24H,13H2,1H3,(H,25,26). The molecule has 6 nitrogen and oxygen atoms in total. The average Bonchev–Trinajstić information content (AvgIpc) is 2.74.